The van der Waals surface area contributed by atoms with Crippen LogP contribution in [0.15, 0.2) is 30.3 Å². The molecule has 14 heavy (non-hydrogen) atoms. The number of aliphatic hydroxyl groups excluding tert-OH is 1. The molecule has 4 nitrogen and oxygen atoms in total. The second-order valence-corrected chi connectivity index (χ2v) is 2.89. The smallest absolute Gasteiger partial charge is 0.251 e. The number of hydrogen-bond donors (Lipinski definition) is 3. The summed E-state index contributed by atoms with van der Waals surface area (Å²) >= 11 is 0. The molecule has 1 aromatic carbocycles. The van der Waals surface area contributed by atoms with E-state index in [1.54, 1.807) is 24.3 Å². The van der Waals surface area contributed by atoms with Gasteiger partial charge in [-0.1, -0.05) is 18.2 Å². The van der Waals surface area contributed by atoms with Gasteiger partial charge >= 0.3 is 0 Å². The first-order chi connectivity index (χ1) is 6.70. The third kappa shape index (κ3) is 3.55. The van der Waals surface area contributed by atoms with Crippen LogP contribution in [-0.4, -0.2) is 29.0 Å². The summed E-state index contributed by atoms with van der Waals surface area (Å²) in [6.45, 7) is 0.255. The standard InChI is InChI=1S/C10H13NO3/c12-9(13)6-7-11-10(14)8-4-2-1-3-5-8/h1-5,9,12-13H,6-7H2,(H,11,14). The molecular formula is C10H13NO3. The van der Waals surface area contributed by atoms with Crippen molar-refractivity contribution in [1.82, 2.24) is 5.32 Å². The van der Waals surface area contributed by atoms with Gasteiger partial charge in [0, 0.05) is 18.5 Å². The Morgan fingerprint density at radius 3 is 2.50 bits per heavy atom. The molecule has 0 atom stereocenters. The fourth-order valence-electron chi connectivity index (χ4n) is 1.01. The van der Waals surface area contributed by atoms with E-state index in [0.717, 1.165) is 0 Å². The second-order valence-electron chi connectivity index (χ2n) is 2.89. The zero-order valence-corrected chi connectivity index (χ0v) is 7.68. The van der Waals surface area contributed by atoms with Crippen LogP contribution in [0.2, 0.25) is 0 Å². The second kappa shape index (κ2) is 5.36. The molecule has 0 aromatic heterocycles. The lowest BCUT2D eigenvalue weighted by atomic mass is 10.2. The van der Waals surface area contributed by atoms with Gasteiger partial charge in [0.05, 0.1) is 0 Å². The van der Waals surface area contributed by atoms with Crippen LogP contribution in [0.1, 0.15) is 16.8 Å². The van der Waals surface area contributed by atoms with Crippen molar-refractivity contribution in [2.24, 2.45) is 0 Å². The normalized spacial score (nSPS) is 10.2. The lowest BCUT2D eigenvalue weighted by Gasteiger charge is -2.05. The van der Waals surface area contributed by atoms with E-state index in [4.69, 9.17) is 10.2 Å². The first-order valence-corrected chi connectivity index (χ1v) is 4.39. The van der Waals surface area contributed by atoms with E-state index in [9.17, 15) is 4.79 Å². The zero-order valence-electron chi connectivity index (χ0n) is 7.68. The first kappa shape index (κ1) is 10.7. The molecule has 0 aliphatic carbocycles. The fraction of sp³-hybridized carbons (Fsp3) is 0.300. The molecule has 0 aliphatic rings. The van der Waals surface area contributed by atoms with Crippen LogP contribution in [0.3, 0.4) is 0 Å². The van der Waals surface area contributed by atoms with Gasteiger partial charge in [-0.05, 0) is 12.1 Å². The largest absolute Gasteiger partial charge is 0.368 e. The van der Waals surface area contributed by atoms with Gasteiger partial charge in [-0.15, -0.1) is 0 Å². The van der Waals surface area contributed by atoms with E-state index in [-0.39, 0.29) is 18.9 Å². The van der Waals surface area contributed by atoms with E-state index in [2.05, 4.69) is 5.32 Å². The number of rotatable bonds is 4. The predicted octanol–water partition coefficient (Wildman–Crippen LogP) is 0.117. The van der Waals surface area contributed by atoms with Gasteiger partial charge < -0.3 is 15.5 Å². The molecule has 0 heterocycles. The molecule has 4 heteroatoms. The average molecular weight is 195 g/mol. The first-order valence-electron chi connectivity index (χ1n) is 4.39. The van der Waals surface area contributed by atoms with Gasteiger partial charge in [0.25, 0.3) is 5.91 Å². The van der Waals surface area contributed by atoms with Gasteiger partial charge in [0.1, 0.15) is 0 Å². The molecular weight excluding hydrogens is 182 g/mol. The van der Waals surface area contributed by atoms with Crippen LogP contribution in [0.5, 0.6) is 0 Å². The molecule has 0 saturated heterocycles. The molecule has 1 amide bonds. The fourth-order valence-corrected chi connectivity index (χ4v) is 1.01. The van der Waals surface area contributed by atoms with Crippen molar-refractivity contribution in [3.8, 4) is 0 Å². The highest BCUT2D eigenvalue weighted by atomic mass is 16.5. The van der Waals surface area contributed by atoms with Crippen LogP contribution in [0.25, 0.3) is 0 Å². The van der Waals surface area contributed by atoms with Gasteiger partial charge in [-0.2, -0.15) is 0 Å². The number of carbonyl (C=O) groups excluding carboxylic acids is 1. The molecule has 1 rings (SSSR count). The van der Waals surface area contributed by atoms with Crippen molar-refractivity contribution in [2.75, 3.05) is 6.54 Å². The van der Waals surface area contributed by atoms with E-state index in [1.807, 2.05) is 6.07 Å². The van der Waals surface area contributed by atoms with Gasteiger partial charge in [-0.3, -0.25) is 4.79 Å². The summed E-state index contributed by atoms with van der Waals surface area (Å²) in [6.07, 6.45) is -1.23. The van der Waals surface area contributed by atoms with Crippen molar-refractivity contribution >= 4 is 5.91 Å². The molecule has 0 fully saturated rings. The van der Waals surface area contributed by atoms with Crippen LogP contribution >= 0.6 is 0 Å². The maximum Gasteiger partial charge on any atom is 0.251 e. The minimum absolute atomic E-state index is 0.137. The van der Waals surface area contributed by atoms with Gasteiger partial charge in [0.15, 0.2) is 6.29 Å². The number of nitrogens with one attached hydrogen (secondary N) is 1. The monoisotopic (exact) mass is 195 g/mol. The van der Waals surface area contributed by atoms with E-state index < -0.39 is 6.29 Å². The van der Waals surface area contributed by atoms with E-state index in [0.29, 0.717) is 5.56 Å². The third-order valence-corrected chi connectivity index (χ3v) is 1.72. The third-order valence-electron chi connectivity index (χ3n) is 1.72. The summed E-state index contributed by atoms with van der Waals surface area (Å²) in [4.78, 5) is 11.4. The minimum Gasteiger partial charge on any atom is -0.368 e. The summed E-state index contributed by atoms with van der Waals surface area (Å²) in [5.41, 5.74) is 0.569. The Balaban J connectivity index is 2.36. The Hall–Kier alpha value is -1.39. The van der Waals surface area contributed by atoms with Crippen LogP contribution in [0.4, 0.5) is 0 Å². The zero-order chi connectivity index (χ0) is 10.4. The molecule has 0 spiro atoms. The van der Waals surface area contributed by atoms with Crippen LogP contribution < -0.4 is 5.32 Å². The molecule has 0 unspecified atom stereocenters. The van der Waals surface area contributed by atoms with Gasteiger partial charge in [-0.25, -0.2) is 0 Å². The lowest BCUT2D eigenvalue weighted by Crippen LogP contribution is -2.26. The number of benzene rings is 1. The highest BCUT2D eigenvalue weighted by Crippen LogP contribution is 1.97. The molecule has 1 aromatic rings. The topological polar surface area (TPSA) is 69.6 Å². The summed E-state index contributed by atoms with van der Waals surface area (Å²) < 4.78 is 0. The summed E-state index contributed by atoms with van der Waals surface area (Å²) in [5, 5.41) is 19.7. The highest BCUT2D eigenvalue weighted by Gasteiger charge is 2.04. The van der Waals surface area contributed by atoms with E-state index >= 15 is 0 Å². The van der Waals surface area contributed by atoms with Crippen molar-refractivity contribution < 1.29 is 15.0 Å². The maximum absolute atomic E-state index is 11.4. The SMILES string of the molecule is O=C(NCCC(O)O)c1ccccc1. The quantitative estimate of drug-likeness (QED) is 0.597. The Kier molecular flexibility index (Phi) is 4.10. The maximum atomic E-state index is 11.4. The molecule has 0 aliphatic heterocycles. The van der Waals surface area contributed by atoms with Crippen LogP contribution in [-0.2, 0) is 0 Å². The van der Waals surface area contributed by atoms with Crippen molar-refractivity contribution in [3.63, 3.8) is 0 Å². The summed E-state index contributed by atoms with van der Waals surface area (Å²) in [7, 11) is 0. The van der Waals surface area contributed by atoms with Crippen molar-refractivity contribution in [1.29, 1.82) is 0 Å². The number of hydrogen-bond acceptors (Lipinski definition) is 3. The lowest BCUT2D eigenvalue weighted by molar-refractivity contribution is -0.0440. The highest BCUT2D eigenvalue weighted by molar-refractivity contribution is 5.94. The molecule has 3 N–H and O–H groups in total. The Morgan fingerprint density at radius 2 is 1.93 bits per heavy atom. The molecule has 76 valence electrons. The molecule has 0 radical (unpaired) electrons. The number of amides is 1. The molecule has 0 bridgehead atoms. The summed E-state index contributed by atoms with van der Waals surface area (Å²) in [6, 6.07) is 8.77. The molecule has 0 saturated carbocycles. The van der Waals surface area contributed by atoms with E-state index in [1.165, 1.54) is 0 Å². The predicted molar refractivity (Wildman–Crippen MR) is 51.6 cm³/mol. The minimum atomic E-state index is -1.37. The van der Waals surface area contributed by atoms with Crippen molar-refractivity contribution in [2.45, 2.75) is 12.7 Å². The van der Waals surface area contributed by atoms with Crippen LogP contribution in [0, 0.1) is 0 Å². The van der Waals surface area contributed by atoms with Crippen molar-refractivity contribution in [3.05, 3.63) is 35.9 Å². The average Bonchev–Trinajstić information content (AvgIpc) is 2.18. The Bertz CT molecular complexity index is 285. The Morgan fingerprint density at radius 1 is 1.29 bits per heavy atom. The number of carbonyl (C=O) groups is 1. The number of aliphatic hydroxyl groups is 2. The van der Waals surface area contributed by atoms with Gasteiger partial charge in [0.2, 0.25) is 0 Å². The Labute approximate surface area is 82.2 Å². The summed E-state index contributed by atoms with van der Waals surface area (Å²) in [5.74, 6) is -0.203.